The highest BCUT2D eigenvalue weighted by molar-refractivity contribution is 7.13. The Bertz CT molecular complexity index is 1330. The fraction of sp³-hybridized carbons (Fsp3) is 0.217. The van der Waals surface area contributed by atoms with Gasteiger partial charge in [0.2, 0.25) is 5.95 Å². The van der Waals surface area contributed by atoms with Crippen LogP contribution in [-0.4, -0.2) is 39.4 Å². The van der Waals surface area contributed by atoms with Crippen molar-refractivity contribution in [1.82, 2.24) is 19.7 Å². The van der Waals surface area contributed by atoms with E-state index in [-0.39, 0.29) is 18.1 Å². The van der Waals surface area contributed by atoms with Crippen molar-refractivity contribution in [3.63, 3.8) is 0 Å². The first-order valence-electron chi connectivity index (χ1n) is 10.3. The molecule has 3 aromatic heterocycles. The standard InChI is InChI=1S/C23H23N5O4S/c1-4-15-14(2)24-23(26-22(15)30)28-20(12-16(27-28)19-10-7-11-33-19)25-21(29)13-32-18-9-6-5-8-17(18)31-3/h5-12H,4,13H2,1-3H3,(H,25,29)(H,24,26,30). The summed E-state index contributed by atoms with van der Waals surface area (Å²) in [5.74, 6) is 1.17. The summed E-state index contributed by atoms with van der Waals surface area (Å²) >= 11 is 1.52. The molecule has 0 aliphatic heterocycles. The van der Waals surface area contributed by atoms with Crippen LogP contribution in [0, 0.1) is 6.92 Å². The van der Waals surface area contributed by atoms with Crippen LogP contribution >= 0.6 is 11.3 Å². The number of thiophene rings is 1. The third-order valence-electron chi connectivity index (χ3n) is 4.94. The van der Waals surface area contributed by atoms with Crippen LogP contribution < -0.4 is 20.3 Å². The number of carbonyl (C=O) groups excluding carboxylic acids is 1. The van der Waals surface area contributed by atoms with Crippen LogP contribution in [0.3, 0.4) is 0 Å². The maximum absolute atomic E-state index is 12.7. The van der Waals surface area contributed by atoms with Gasteiger partial charge in [-0.3, -0.25) is 14.6 Å². The number of ether oxygens (including phenoxy) is 2. The summed E-state index contributed by atoms with van der Waals surface area (Å²) in [5.41, 5.74) is 1.64. The molecular weight excluding hydrogens is 442 g/mol. The maximum atomic E-state index is 12.7. The molecule has 0 spiro atoms. The molecule has 0 atom stereocenters. The number of carbonyl (C=O) groups is 1. The lowest BCUT2D eigenvalue weighted by Gasteiger charge is -2.11. The van der Waals surface area contributed by atoms with E-state index in [2.05, 4.69) is 20.4 Å². The molecule has 0 aliphatic rings. The number of amides is 1. The number of aromatic amines is 1. The zero-order valence-corrected chi connectivity index (χ0v) is 19.2. The van der Waals surface area contributed by atoms with E-state index in [1.807, 2.05) is 30.5 Å². The van der Waals surface area contributed by atoms with Crippen molar-refractivity contribution in [2.24, 2.45) is 0 Å². The van der Waals surface area contributed by atoms with Gasteiger partial charge >= 0.3 is 0 Å². The summed E-state index contributed by atoms with van der Waals surface area (Å²) in [7, 11) is 1.53. The lowest BCUT2D eigenvalue weighted by Crippen LogP contribution is -2.24. The molecular formula is C23H23N5O4S. The first-order chi connectivity index (χ1) is 16.0. The van der Waals surface area contributed by atoms with Crippen LogP contribution in [0.1, 0.15) is 18.2 Å². The second kappa shape index (κ2) is 9.70. The molecule has 1 amide bonds. The van der Waals surface area contributed by atoms with E-state index in [0.717, 1.165) is 4.88 Å². The van der Waals surface area contributed by atoms with Crippen molar-refractivity contribution < 1.29 is 14.3 Å². The van der Waals surface area contributed by atoms with Crippen LogP contribution in [0.25, 0.3) is 16.5 Å². The van der Waals surface area contributed by atoms with Crippen molar-refractivity contribution >= 4 is 23.1 Å². The number of hydrogen-bond acceptors (Lipinski definition) is 7. The quantitative estimate of drug-likeness (QED) is 0.411. The van der Waals surface area contributed by atoms with E-state index >= 15 is 0 Å². The molecule has 10 heteroatoms. The second-order valence-electron chi connectivity index (χ2n) is 7.10. The Balaban J connectivity index is 1.63. The van der Waals surface area contributed by atoms with Crippen molar-refractivity contribution in [1.29, 1.82) is 0 Å². The van der Waals surface area contributed by atoms with Gasteiger partial charge in [-0.2, -0.15) is 9.78 Å². The fourth-order valence-electron chi connectivity index (χ4n) is 3.35. The Kier molecular flexibility index (Phi) is 6.55. The van der Waals surface area contributed by atoms with Crippen LogP contribution in [0.4, 0.5) is 5.82 Å². The number of methoxy groups -OCH3 is 1. The van der Waals surface area contributed by atoms with Gasteiger partial charge in [0.25, 0.3) is 11.5 Å². The first-order valence-corrected chi connectivity index (χ1v) is 11.2. The minimum absolute atomic E-state index is 0.221. The molecule has 0 radical (unpaired) electrons. The minimum atomic E-state index is -0.399. The zero-order chi connectivity index (χ0) is 23.4. The molecule has 0 aliphatic carbocycles. The van der Waals surface area contributed by atoms with Gasteiger partial charge < -0.3 is 14.8 Å². The number of aryl methyl sites for hydroxylation is 1. The van der Waals surface area contributed by atoms with Gasteiger partial charge in [-0.15, -0.1) is 11.3 Å². The summed E-state index contributed by atoms with van der Waals surface area (Å²) in [6.07, 6.45) is 0.567. The van der Waals surface area contributed by atoms with Crippen LogP contribution in [0.2, 0.25) is 0 Å². The molecule has 0 fully saturated rings. The first kappa shape index (κ1) is 22.3. The zero-order valence-electron chi connectivity index (χ0n) is 18.4. The predicted molar refractivity (Wildman–Crippen MR) is 127 cm³/mol. The largest absolute Gasteiger partial charge is 0.493 e. The average molecular weight is 466 g/mol. The van der Waals surface area contributed by atoms with Gasteiger partial charge in [0, 0.05) is 17.3 Å². The Labute approximate surface area is 194 Å². The number of rotatable bonds is 8. The third kappa shape index (κ3) is 4.80. The van der Waals surface area contributed by atoms with E-state index < -0.39 is 5.91 Å². The Hall–Kier alpha value is -3.92. The van der Waals surface area contributed by atoms with E-state index in [1.54, 1.807) is 31.2 Å². The lowest BCUT2D eigenvalue weighted by atomic mass is 10.2. The number of anilines is 1. The highest BCUT2D eigenvalue weighted by Crippen LogP contribution is 2.28. The molecule has 3 heterocycles. The number of hydrogen-bond donors (Lipinski definition) is 2. The van der Waals surface area contributed by atoms with Gasteiger partial charge in [-0.25, -0.2) is 4.98 Å². The molecule has 170 valence electrons. The predicted octanol–water partition coefficient (Wildman–Crippen LogP) is 3.58. The van der Waals surface area contributed by atoms with Gasteiger partial charge in [0.05, 0.1) is 12.0 Å². The monoisotopic (exact) mass is 465 g/mol. The SMILES string of the molecule is CCc1c(C)nc(-n2nc(-c3cccs3)cc2NC(=O)COc2ccccc2OC)[nH]c1=O. The molecule has 0 saturated carbocycles. The number of aromatic nitrogens is 4. The summed E-state index contributed by atoms with van der Waals surface area (Å²) in [6.45, 7) is 3.44. The minimum Gasteiger partial charge on any atom is -0.493 e. The van der Waals surface area contributed by atoms with Crippen molar-refractivity contribution in [2.75, 3.05) is 19.0 Å². The molecule has 0 unspecified atom stereocenters. The maximum Gasteiger partial charge on any atom is 0.263 e. The van der Waals surface area contributed by atoms with Gasteiger partial charge in [0.1, 0.15) is 11.5 Å². The second-order valence-corrected chi connectivity index (χ2v) is 8.05. The Morgan fingerprint density at radius 2 is 2.00 bits per heavy atom. The number of para-hydroxylation sites is 2. The van der Waals surface area contributed by atoms with Crippen LogP contribution in [0.15, 0.2) is 52.6 Å². The summed E-state index contributed by atoms with van der Waals surface area (Å²) in [4.78, 5) is 33.4. The molecule has 0 saturated heterocycles. The molecule has 1 aromatic carbocycles. The molecule has 33 heavy (non-hydrogen) atoms. The average Bonchev–Trinajstić information content (AvgIpc) is 3.48. The summed E-state index contributed by atoms with van der Waals surface area (Å²) in [6, 6.07) is 12.7. The van der Waals surface area contributed by atoms with Crippen molar-refractivity contribution in [2.45, 2.75) is 20.3 Å². The lowest BCUT2D eigenvalue weighted by molar-refractivity contribution is -0.118. The van der Waals surface area contributed by atoms with Gasteiger partial charge in [-0.1, -0.05) is 25.1 Å². The van der Waals surface area contributed by atoms with E-state index in [4.69, 9.17) is 9.47 Å². The van der Waals surface area contributed by atoms with Crippen molar-refractivity contribution in [3.05, 3.63) is 69.5 Å². The summed E-state index contributed by atoms with van der Waals surface area (Å²) < 4.78 is 12.3. The van der Waals surface area contributed by atoms with Gasteiger partial charge in [-0.05, 0) is 36.9 Å². The molecule has 9 nitrogen and oxygen atoms in total. The van der Waals surface area contributed by atoms with E-state index in [1.165, 1.54) is 23.1 Å². The van der Waals surface area contributed by atoms with Gasteiger partial charge in [0.15, 0.2) is 18.1 Å². The molecule has 4 aromatic rings. The van der Waals surface area contributed by atoms with E-state index in [9.17, 15) is 9.59 Å². The normalized spacial score (nSPS) is 10.8. The topological polar surface area (TPSA) is 111 Å². The number of nitrogens with zero attached hydrogens (tertiary/aromatic N) is 3. The third-order valence-corrected chi connectivity index (χ3v) is 5.83. The number of H-pyrrole nitrogens is 1. The van der Waals surface area contributed by atoms with E-state index in [0.29, 0.717) is 40.7 Å². The number of nitrogens with one attached hydrogen (secondary N) is 2. The Morgan fingerprint density at radius 3 is 2.67 bits per heavy atom. The van der Waals surface area contributed by atoms with Crippen LogP contribution in [-0.2, 0) is 11.2 Å². The molecule has 2 N–H and O–H groups in total. The molecule has 0 bridgehead atoms. The highest BCUT2D eigenvalue weighted by Gasteiger charge is 2.18. The Morgan fingerprint density at radius 1 is 1.21 bits per heavy atom. The van der Waals surface area contributed by atoms with Crippen molar-refractivity contribution in [3.8, 4) is 28.0 Å². The smallest absolute Gasteiger partial charge is 0.263 e. The molecule has 4 rings (SSSR count). The number of benzene rings is 1. The fourth-order valence-corrected chi connectivity index (χ4v) is 4.03. The highest BCUT2D eigenvalue weighted by atomic mass is 32.1. The summed E-state index contributed by atoms with van der Waals surface area (Å²) in [5, 5.41) is 9.32. The van der Waals surface area contributed by atoms with Crippen LogP contribution in [0.5, 0.6) is 11.5 Å².